The van der Waals surface area contributed by atoms with Gasteiger partial charge in [-0.3, -0.25) is 9.59 Å². The van der Waals surface area contributed by atoms with Crippen molar-refractivity contribution in [3.63, 3.8) is 0 Å². The summed E-state index contributed by atoms with van der Waals surface area (Å²) in [7, 11) is 0. The molecule has 1 heterocycles. The van der Waals surface area contributed by atoms with Crippen LogP contribution in [0.5, 0.6) is 0 Å². The summed E-state index contributed by atoms with van der Waals surface area (Å²) < 4.78 is 13.1. The molecule has 0 aliphatic carbocycles. The van der Waals surface area contributed by atoms with Crippen LogP contribution in [0.25, 0.3) is 0 Å². The average Bonchev–Trinajstić information content (AvgIpc) is 2.65. The lowest BCUT2D eigenvalue weighted by molar-refractivity contribution is -0.927. The van der Waals surface area contributed by atoms with E-state index in [1.165, 1.54) is 12.1 Å². The van der Waals surface area contributed by atoms with Crippen molar-refractivity contribution < 1.29 is 18.9 Å². The van der Waals surface area contributed by atoms with E-state index in [1.54, 1.807) is 12.1 Å². The Kier molecular flexibility index (Phi) is 5.63. The third-order valence-corrected chi connectivity index (χ3v) is 4.95. The molecule has 1 saturated heterocycles. The number of primary amides is 1. The maximum atomic E-state index is 13.1. The molecule has 0 radical (unpaired) electrons. The first-order valence-electron chi connectivity index (χ1n) is 8.80. The molecule has 1 fully saturated rings. The lowest BCUT2D eigenvalue weighted by Gasteiger charge is -2.33. The number of rotatable bonds is 5. The molecule has 0 saturated carbocycles. The average molecular weight is 356 g/mol. The number of carbonyl (C=O) groups is 2. The van der Waals surface area contributed by atoms with Crippen LogP contribution < -0.4 is 16.0 Å². The summed E-state index contributed by atoms with van der Waals surface area (Å²) in [5.74, 6) is -0.872. The van der Waals surface area contributed by atoms with Crippen molar-refractivity contribution in [2.45, 2.75) is 18.9 Å². The van der Waals surface area contributed by atoms with E-state index in [0.29, 0.717) is 31.6 Å². The van der Waals surface area contributed by atoms with Gasteiger partial charge in [0.05, 0.1) is 13.1 Å². The fourth-order valence-electron chi connectivity index (χ4n) is 3.53. The SMILES string of the molecule is NC(=O)C1CC[NH+]([C@@H](C(=O)Nc2ccc(F)cc2)c2ccccc2)CC1. The van der Waals surface area contributed by atoms with Crippen molar-refractivity contribution in [2.75, 3.05) is 18.4 Å². The summed E-state index contributed by atoms with van der Waals surface area (Å²) in [6.45, 7) is 1.40. The van der Waals surface area contributed by atoms with Crippen LogP contribution in [0, 0.1) is 11.7 Å². The van der Waals surface area contributed by atoms with Crippen molar-refractivity contribution in [1.82, 2.24) is 0 Å². The van der Waals surface area contributed by atoms with Gasteiger partial charge in [-0.2, -0.15) is 0 Å². The minimum atomic E-state index is -0.393. The van der Waals surface area contributed by atoms with Gasteiger partial charge in [-0.1, -0.05) is 30.3 Å². The number of anilines is 1. The van der Waals surface area contributed by atoms with Crippen molar-refractivity contribution in [2.24, 2.45) is 11.7 Å². The van der Waals surface area contributed by atoms with Crippen molar-refractivity contribution in [3.05, 3.63) is 66.0 Å². The van der Waals surface area contributed by atoms with Crippen molar-refractivity contribution in [3.8, 4) is 0 Å². The number of likely N-dealkylation sites (tertiary alicyclic amines) is 1. The van der Waals surface area contributed by atoms with Gasteiger partial charge in [0.1, 0.15) is 5.82 Å². The van der Waals surface area contributed by atoms with Gasteiger partial charge in [0.15, 0.2) is 6.04 Å². The molecule has 1 atom stereocenters. The minimum Gasteiger partial charge on any atom is -0.369 e. The highest BCUT2D eigenvalue weighted by Gasteiger charge is 2.36. The van der Waals surface area contributed by atoms with E-state index in [9.17, 15) is 14.0 Å². The zero-order valence-corrected chi connectivity index (χ0v) is 14.5. The molecule has 6 heteroatoms. The minimum absolute atomic E-state index is 0.115. The number of quaternary nitrogens is 1. The number of nitrogens with one attached hydrogen (secondary N) is 2. The molecule has 3 rings (SSSR count). The van der Waals surface area contributed by atoms with Crippen LogP contribution in [-0.2, 0) is 9.59 Å². The van der Waals surface area contributed by atoms with Crippen LogP contribution in [0.4, 0.5) is 10.1 Å². The van der Waals surface area contributed by atoms with Gasteiger partial charge in [-0.25, -0.2) is 4.39 Å². The number of amides is 2. The highest BCUT2D eigenvalue weighted by atomic mass is 19.1. The van der Waals surface area contributed by atoms with Gasteiger partial charge in [0.2, 0.25) is 5.91 Å². The van der Waals surface area contributed by atoms with E-state index >= 15 is 0 Å². The second kappa shape index (κ2) is 8.10. The van der Waals surface area contributed by atoms with E-state index in [1.807, 2.05) is 30.3 Å². The zero-order valence-electron chi connectivity index (χ0n) is 14.5. The molecule has 26 heavy (non-hydrogen) atoms. The largest absolute Gasteiger partial charge is 0.369 e. The molecule has 4 N–H and O–H groups in total. The molecule has 0 bridgehead atoms. The molecule has 2 aromatic carbocycles. The number of carbonyl (C=O) groups excluding carboxylic acids is 2. The summed E-state index contributed by atoms with van der Waals surface area (Å²) in [5.41, 5.74) is 6.89. The Labute approximate surface area is 152 Å². The Bertz CT molecular complexity index is 756. The van der Waals surface area contributed by atoms with Gasteiger partial charge in [0, 0.05) is 30.0 Å². The number of hydrogen-bond donors (Lipinski definition) is 3. The van der Waals surface area contributed by atoms with E-state index in [0.717, 1.165) is 10.5 Å². The number of nitrogens with two attached hydrogens (primary N) is 1. The van der Waals surface area contributed by atoms with Crippen molar-refractivity contribution >= 4 is 17.5 Å². The highest BCUT2D eigenvalue weighted by Crippen LogP contribution is 2.17. The Hall–Kier alpha value is -2.73. The molecule has 2 aromatic rings. The standard InChI is InChI=1S/C20H22FN3O2/c21-16-6-8-17(9-7-16)23-20(26)18(14-4-2-1-3-5-14)24-12-10-15(11-13-24)19(22)25/h1-9,15,18H,10-13H2,(H2,22,25)(H,23,26)/p+1/t18-/m1/s1. The van der Waals surface area contributed by atoms with Crippen LogP contribution in [-0.4, -0.2) is 24.9 Å². The molecule has 0 unspecified atom stereocenters. The second-order valence-corrected chi connectivity index (χ2v) is 6.67. The van der Waals surface area contributed by atoms with E-state index < -0.39 is 6.04 Å². The number of hydrogen-bond acceptors (Lipinski definition) is 2. The maximum Gasteiger partial charge on any atom is 0.287 e. The van der Waals surface area contributed by atoms with E-state index in [4.69, 9.17) is 5.73 Å². The molecular weight excluding hydrogens is 333 g/mol. The van der Waals surface area contributed by atoms with E-state index in [-0.39, 0.29) is 23.5 Å². The fraction of sp³-hybridized carbons (Fsp3) is 0.300. The first kappa shape index (κ1) is 18.1. The Balaban J connectivity index is 1.79. The number of halogens is 1. The molecule has 136 valence electrons. The molecule has 0 aromatic heterocycles. The quantitative estimate of drug-likeness (QED) is 0.755. The Morgan fingerprint density at radius 3 is 2.23 bits per heavy atom. The number of piperidine rings is 1. The van der Waals surface area contributed by atoms with Gasteiger partial charge in [-0.15, -0.1) is 0 Å². The molecule has 5 nitrogen and oxygen atoms in total. The molecular formula is C20H23FN3O2+. The summed E-state index contributed by atoms with van der Waals surface area (Å²) >= 11 is 0. The first-order valence-corrected chi connectivity index (χ1v) is 8.80. The summed E-state index contributed by atoms with van der Waals surface area (Å²) in [4.78, 5) is 25.5. The smallest absolute Gasteiger partial charge is 0.287 e. The Morgan fingerprint density at radius 2 is 1.65 bits per heavy atom. The van der Waals surface area contributed by atoms with Gasteiger partial charge in [-0.05, 0) is 24.3 Å². The molecule has 0 spiro atoms. The normalized spacial score (nSPS) is 21.0. The predicted molar refractivity (Wildman–Crippen MR) is 96.8 cm³/mol. The van der Waals surface area contributed by atoms with Gasteiger partial charge < -0.3 is 16.0 Å². The summed E-state index contributed by atoms with van der Waals surface area (Å²) in [6, 6.07) is 14.9. The molecule has 1 aliphatic heterocycles. The third kappa shape index (κ3) is 4.26. The summed E-state index contributed by atoms with van der Waals surface area (Å²) in [6.07, 6.45) is 1.36. The van der Waals surface area contributed by atoms with Crippen LogP contribution in [0.15, 0.2) is 54.6 Å². The summed E-state index contributed by atoms with van der Waals surface area (Å²) in [5, 5.41) is 2.88. The third-order valence-electron chi connectivity index (χ3n) is 4.95. The lowest BCUT2D eigenvalue weighted by atomic mass is 9.93. The predicted octanol–water partition coefficient (Wildman–Crippen LogP) is 1.29. The van der Waals surface area contributed by atoms with Crippen LogP contribution in [0.1, 0.15) is 24.4 Å². The molecule has 1 aliphatic rings. The Morgan fingerprint density at radius 1 is 1.04 bits per heavy atom. The van der Waals surface area contributed by atoms with Crippen LogP contribution in [0.3, 0.4) is 0 Å². The molecule has 2 amide bonds. The fourth-order valence-corrected chi connectivity index (χ4v) is 3.53. The second-order valence-electron chi connectivity index (χ2n) is 6.67. The van der Waals surface area contributed by atoms with Crippen LogP contribution >= 0.6 is 0 Å². The van der Waals surface area contributed by atoms with Crippen LogP contribution in [0.2, 0.25) is 0 Å². The number of benzene rings is 2. The van der Waals surface area contributed by atoms with E-state index in [2.05, 4.69) is 5.32 Å². The maximum absolute atomic E-state index is 13.1. The lowest BCUT2D eigenvalue weighted by Crippen LogP contribution is -3.14. The first-order chi connectivity index (χ1) is 12.5. The van der Waals surface area contributed by atoms with Gasteiger partial charge in [0.25, 0.3) is 5.91 Å². The topological polar surface area (TPSA) is 76.6 Å². The van der Waals surface area contributed by atoms with Gasteiger partial charge >= 0.3 is 0 Å². The zero-order chi connectivity index (χ0) is 18.5. The monoisotopic (exact) mass is 356 g/mol. The van der Waals surface area contributed by atoms with Crippen molar-refractivity contribution in [1.29, 1.82) is 0 Å². The highest BCUT2D eigenvalue weighted by molar-refractivity contribution is 5.94.